The standard InChI is InChI=1S/C12H15N5O/c1-9(10-5-3-2-4-6-10)14-12(18)8-17-7-11(13)15-16-17/h2-7,9H,8,13H2,1H3,(H,14,18). The summed E-state index contributed by atoms with van der Waals surface area (Å²) < 4.78 is 1.41. The summed E-state index contributed by atoms with van der Waals surface area (Å²) in [7, 11) is 0. The van der Waals surface area contributed by atoms with Crippen LogP contribution in [0.1, 0.15) is 18.5 Å². The number of carbonyl (C=O) groups is 1. The second-order valence-corrected chi connectivity index (χ2v) is 4.04. The molecule has 0 saturated heterocycles. The number of nitrogens with two attached hydrogens (primary N) is 1. The van der Waals surface area contributed by atoms with Crippen molar-refractivity contribution in [2.45, 2.75) is 19.5 Å². The number of aromatic nitrogens is 3. The fourth-order valence-corrected chi connectivity index (χ4v) is 1.65. The Labute approximate surface area is 105 Å². The summed E-state index contributed by atoms with van der Waals surface area (Å²) in [6.07, 6.45) is 1.52. The van der Waals surface area contributed by atoms with Crippen LogP contribution in [0.5, 0.6) is 0 Å². The molecule has 0 spiro atoms. The maximum atomic E-state index is 11.8. The smallest absolute Gasteiger partial charge is 0.242 e. The van der Waals surface area contributed by atoms with Crippen LogP contribution in [0.3, 0.4) is 0 Å². The van der Waals surface area contributed by atoms with Gasteiger partial charge in [-0.15, -0.1) is 5.10 Å². The predicted octanol–water partition coefficient (Wildman–Crippen LogP) is 0.738. The SMILES string of the molecule is CC(NC(=O)Cn1cc(N)nn1)c1ccccc1. The topological polar surface area (TPSA) is 85.8 Å². The van der Waals surface area contributed by atoms with E-state index in [1.165, 1.54) is 10.9 Å². The van der Waals surface area contributed by atoms with Crippen molar-refractivity contribution in [1.82, 2.24) is 20.3 Å². The van der Waals surface area contributed by atoms with Crippen molar-refractivity contribution in [2.75, 3.05) is 5.73 Å². The normalized spacial score (nSPS) is 12.1. The quantitative estimate of drug-likeness (QED) is 0.831. The molecule has 2 rings (SSSR count). The fourth-order valence-electron chi connectivity index (χ4n) is 1.65. The van der Waals surface area contributed by atoms with Crippen molar-refractivity contribution in [3.05, 3.63) is 42.1 Å². The van der Waals surface area contributed by atoms with Crippen LogP contribution in [0.4, 0.5) is 5.82 Å². The lowest BCUT2D eigenvalue weighted by atomic mass is 10.1. The molecule has 94 valence electrons. The molecule has 6 nitrogen and oxygen atoms in total. The number of benzene rings is 1. The van der Waals surface area contributed by atoms with Gasteiger partial charge in [-0.3, -0.25) is 4.79 Å². The minimum absolute atomic E-state index is 0.0421. The van der Waals surface area contributed by atoms with E-state index in [-0.39, 0.29) is 18.5 Å². The van der Waals surface area contributed by atoms with Gasteiger partial charge in [-0.1, -0.05) is 35.5 Å². The summed E-state index contributed by atoms with van der Waals surface area (Å²) in [6.45, 7) is 2.05. The van der Waals surface area contributed by atoms with Crippen molar-refractivity contribution in [1.29, 1.82) is 0 Å². The second-order valence-electron chi connectivity index (χ2n) is 4.04. The Morgan fingerprint density at radius 1 is 1.44 bits per heavy atom. The highest BCUT2D eigenvalue weighted by atomic mass is 16.2. The first kappa shape index (κ1) is 12.1. The van der Waals surface area contributed by atoms with Crippen LogP contribution in [0.25, 0.3) is 0 Å². The van der Waals surface area contributed by atoms with Crippen molar-refractivity contribution in [2.24, 2.45) is 0 Å². The highest BCUT2D eigenvalue weighted by Crippen LogP contribution is 2.10. The van der Waals surface area contributed by atoms with Crippen molar-refractivity contribution in [3.63, 3.8) is 0 Å². The second kappa shape index (κ2) is 5.31. The van der Waals surface area contributed by atoms with E-state index in [1.54, 1.807) is 0 Å². The largest absolute Gasteiger partial charge is 0.381 e. The Kier molecular flexibility index (Phi) is 3.57. The molecular weight excluding hydrogens is 230 g/mol. The van der Waals surface area contributed by atoms with E-state index < -0.39 is 0 Å². The molecule has 1 aromatic carbocycles. The van der Waals surface area contributed by atoms with Crippen LogP contribution in [0.15, 0.2) is 36.5 Å². The van der Waals surface area contributed by atoms with E-state index in [0.29, 0.717) is 5.82 Å². The first-order chi connectivity index (χ1) is 8.65. The summed E-state index contributed by atoms with van der Waals surface area (Å²) in [5.74, 6) is 0.176. The molecule has 0 aliphatic carbocycles. The molecule has 0 saturated carbocycles. The minimum Gasteiger partial charge on any atom is -0.381 e. The van der Waals surface area contributed by atoms with Gasteiger partial charge < -0.3 is 11.1 Å². The van der Waals surface area contributed by atoms with Gasteiger partial charge in [0.15, 0.2) is 5.82 Å². The molecular formula is C12H15N5O. The number of carbonyl (C=O) groups excluding carboxylic acids is 1. The molecule has 1 unspecified atom stereocenters. The molecule has 0 bridgehead atoms. The van der Waals surface area contributed by atoms with Crippen LogP contribution in [-0.4, -0.2) is 20.9 Å². The van der Waals surface area contributed by atoms with Crippen LogP contribution in [0, 0.1) is 0 Å². The number of rotatable bonds is 4. The van der Waals surface area contributed by atoms with Gasteiger partial charge >= 0.3 is 0 Å². The Hall–Kier alpha value is -2.37. The molecule has 0 aliphatic heterocycles. The van der Waals surface area contributed by atoms with E-state index in [4.69, 9.17) is 5.73 Å². The summed E-state index contributed by atoms with van der Waals surface area (Å²) in [4.78, 5) is 11.8. The Balaban J connectivity index is 1.92. The molecule has 0 fully saturated rings. The van der Waals surface area contributed by atoms with E-state index in [9.17, 15) is 4.79 Å². The molecule has 0 radical (unpaired) electrons. The molecule has 6 heteroatoms. The molecule has 1 heterocycles. The van der Waals surface area contributed by atoms with E-state index in [2.05, 4.69) is 15.6 Å². The molecule has 1 atom stereocenters. The number of amides is 1. The number of anilines is 1. The molecule has 1 amide bonds. The van der Waals surface area contributed by atoms with Crippen molar-refractivity contribution in [3.8, 4) is 0 Å². The summed E-state index contributed by atoms with van der Waals surface area (Å²) in [5.41, 5.74) is 6.48. The first-order valence-corrected chi connectivity index (χ1v) is 5.65. The molecule has 18 heavy (non-hydrogen) atoms. The van der Waals surface area contributed by atoms with E-state index in [0.717, 1.165) is 5.56 Å². The number of nitrogens with zero attached hydrogens (tertiary/aromatic N) is 3. The van der Waals surface area contributed by atoms with Gasteiger partial charge in [0.1, 0.15) is 6.54 Å². The zero-order valence-electron chi connectivity index (χ0n) is 10.1. The minimum atomic E-state index is -0.128. The van der Waals surface area contributed by atoms with Crippen molar-refractivity contribution < 1.29 is 4.79 Å². The van der Waals surface area contributed by atoms with Gasteiger partial charge in [-0.2, -0.15) is 0 Å². The van der Waals surface area contributed by atoms with Crippen LogP contribution in [0.2, 0.25) is 0 Å². The fraction of sp³-hybridized carbons (Fsp3) is 0.250. The molecule has 3 N–H and O–H groups in total. The van der Waals surface area contributed by atoms with Gasteiger partial charge in [0.25, 0.3) is 0 Å². The highest BCUT2D eigenvalue weighted by Gasteiger charge is 2.10. The molecule has 1 aromatic heterocycles. The highest BCUT2D eigenvalue weighted by molar-refractivity contribution is 5.76. The zero-order chi connectivity index (χ0) is 13.0. The lowest BCUT2D eigenvalue weighted by molar-refractivity contribution is -0.122. The summed E-state index contributed by atoms with van der Waals surface area (Å²) >= 11 is 0. The van der Waals surface area contributed by atoms with E-state index >= 15 is 0 Å². The average molecular weight is 245 g/mol. The first-order valence-electron chi connectivity index (χ1n) is 5.65. The lowest BCUT2D eigenvalue weighted by Crippen LogP contribution is -2.30. The number of nitrogens with one attached hydrogen (secondary N) is 1. The van der Waals surface area contributed by atoms with Crippen LogP contribution >= 0.6 is 0 Å². The maximum Gasteiger partial charge on any atom is 0.242 e. The van der Waals surface area contributed by atoms with Gasteiger partial charge in [-0.25, -0.2) is 4.68 Å². The van der Waals surface area contributed by atoms with Gasteiger partial charge in [0, 0.05) is 0 Å². The van der Waals surface area contributed by atoms with Crippen LogP contribution in [-0.2, 0) is 11.3 Å². The van der Waals surface area contributed by atoms with E-state index in [1.807, 2.05) is 37.3 Å². The van der Waals surface area contributed by atoms with Gasteiger partial charge in [0.2, 0.25) is 5.91 Å². The van der Waals surface area contributed by atoms with Gasteiger partial charge in [0.05, 0.1) is 12.2 Å². The number of hydrogen-bond donors (Lipinski definition) is 2. The third-order valence-electron chi connectivity index (χ3n) is 2.54. The molecule has 0 aliphatic rings. The van der Waals surface area contributed by atoms with Gasteiger partial charge in [-0.05, 0) is 12.5 Å². The Morgan fingerprint density at radius 2 is 2.17 bits per heavy atom. The number of hydrogen-bond acceptors (Lipinski definition) is 4. The predicted molar refractivity (Wildman–Crippen MR) is 67.4 cm³/mol. The van der Waals surface area contributed by atoms with Crippen LogP contribution < -0.4 is 11.1 Å². The Morgan fingerprint density at radius 3 is 2.78 bits per heavy atom. The molecule has 2 aromatic rings. The van der Waals surface area contributed by atoms with Crippen molar-refractivity contribution >= 4 is 11.7 Å². The Bertz CT molecular complexity index is 522. The lowest BCUT2D eigenvalue weighted by Gasteiger charge is -2.13. The maximum absolute atomic E-state index is 11.8. The monoisotopic (exact) mass is 245 g/mol. The zero-order valence-corrected chi connectivity index (χ0v) is 10.1. The summed E-state index contributed by atoms with van der Waals surface area (Å²) in [6, 6.07) is 9.72. The average Bonchev–Trinajstić information content (AvgIpc) is 2.75. The third-order valence-corrected chi connectivity index (χ3v) is 2.54. The summed E-state index contributed by atoms with van der Waals surface area (Å²) in [5, 5.41) is 10.2. The number of nitrogen functional groups attached to an aromatic ring is 1. The third kappa shape index (κ3) is 3.07.